The molecule has 12 heteroatoms. The Balaban J connectivity index is 1.01. The van der Waals surface area contributed by atoms with Gasteiger partial charge in [-0.25, -0.2) is 0 Å². The van der Waals surface area contributed by atoms with Crippen molar-refractivity contribution in [3.05, 3.63) is 95.1 Å². The third-order valence-corrected chi connectivity index (χ3v) is 9.60. The molecule has 0 unspecified atom stereocenters. The summed E-state index contributed by atoms with van der Waals surface area (Å²) >= 11 is 0. The summed E-state index contributed by atoms with van der Waals surface area (Å²) in [4.78, 5) is 60.7. The molecule has 0 aromatic heterocycles. The number of carbonyl (C=O) groups is 4. The highest BCUT2D eigenvalue weighted by atomic mass is 16.5. The number of hydrogen-bond acceptors (Lipinski definition) is 10. The normalized spacial score (nSPS) is 14.2. The molecule has 2 heterocycles. The molecule has 0 radical (unpaired) electrons. The van der Waals surface area contributed by atoms with E-state index < -0.39 is 0 Å². The van der Waals surface area contributed by atoms with E-state index in [9.17, 15) is 19.2 Å². The molecule has 0 atom stereocenters. The topological polar surface area (TPSA) is 129 Å². The molecule has 2 aliphatic rings. The summed E-state index contributed by atoms with van der Waals surface area (Å²) in [6.07, 6.45) is 0.779. The molecule has 52 heavy (non-hydrogen) atoms. The summed E-state index contributed by atoms with van der Waals surface area (Å²) in [7, 11) is 1.97. The van der Waals surface area contributed by atoms with Crippen LogP contribution in [0.5, 0.6) is 0 Å². The Morgan fingerprint density at radius 1 is 0.519 bits per heavy atom. The second kappa shape index (κ2) is 17.8. The maximum atomic E-state index is 13.5. The van der Waals surface area contributed by atoms with Crippen LogP contribution in [0.15, 0.2) is 72.8 Å². The van der Waals surface area contributed by atoms with Gasteiger partial charge in [0.15, 0.2) is 0 Å². The van der Waals surface area contributed by atoms with Gasteiger partial charge in [0.25, 0.3) is 23.6 Å². The number of rotatable bonds is 21. The van der Waals surface area contributed by atoms with Gasteiger partial charge in [0, 0.05) is 65.8 Å². The average Bonchev–Trinajstić information content (AvgIpc) is 3.16. The van der Waals surface area contributed by atoms with Gasteiger partial charge in [0.05, 0.1) is 46.2 Å². The van der Waals surface area contributed by atoms with Crippen molar-refractivity contribution in [2.24, 2.45) is 0 Å². The molecule has 0 saturated carbocycles. The Labute approximate surface area is 303 Å². The third kappa shape index (κ3) is 8.39. The van der Waals surface area contributed by atoms with Crippen LogP contribution in [0, 0.1) is 0 Å². The first-order chi connectivity index (χ1) is 25.4. The van der Waals surface area contributed by atoms with E-state index in [2.05, 4.69) is 9.80 Å². The number of likely N-dealkylation sites (N-methyl/N-ethyl adjacent to an activating group) is 1. The number of hydrogen-bond donors (Lipinski definition) is 1. The summed E-state index contributed by atoms with van der Waals surface area (Å²) < 4.78 is 16.5. The molecule has 1 N–H and O–H groups in total. The van der Waals surface area contributed by atoms with Crippen LogP contribution in [-0.2, 0) is 14.2 Å². The number of benzene rings is 4. The number of ether oxygens (including phenoxy) is 3. The Morgan fingerprint density at radius 2 is 0.942 bits per heavy atom. The molecule has 2 aliphatic heterocycles. The van der Waals surface area contributed by atoms with Gasteiger partial charge < -0.3 is 24.2 Å². The van der Waals surface area contributed by atoms with E-state index in [4.69, 9.17) is 19.3 Å². The van der Waals surface area contributed by atoms with Gasteiger partial charge in [0.2, 0.25) is 0 Å². The predicted octanol–water partition coefficient (Wildman–Crippen LogP) is 3.55. The van der Waals surface area contributed by atoms with Crippen LogP contribution < -0.4 is 0 Å². The minimum atomic E-state index is -0.286. The quantitative estimate of drug-likeness (QED) is 0.101. The van der Waals surface area contributed by atoms with Crippen LogP contribution >= 0.6 is 0 Å². The SMILES string of the molecule is CN(CCCN(CCOCCOCCOCCO)CCN1C(=O)c2cccc3cccc(c23)C1=O)CCN1C(=O)c2cccc3cccc(c23)C1=O. The molecule has 0 fully saturated rings. The summed E-state index contributed by atoms with van der Waals surface area (Å²) in [5, 5.41) is 12.0. The minimum Gasteiger partial charge on any atom is -0.394 e. The largest absolute Gasteiger partial charge is 0.394 e. The number of aliphatic hydroxyl groups is 1. The first-order valence-electron chi connectivity index (χ1n) is 17.9. The molecule has 4 aromatic carbocycles. The van der Waals surface area contributed by atoms with Crippen LogP contribution in [0.3, 0.4) is 0 Å². The van der Waals surface area contributed by atoms with E-state index in [0.717, 1.165) is 22.6 Å². The van der Waals surface area contributed by atoms with Crippen LogP contribution in [0.2, 0.25) is 0 Å². The predicted molar refractivity (Wildman–Crippen MR) is 197 cm³/mol. The minimum absolute atomic E-state index is 0.0210. The molecule has 4 amide bonds. The highest BCUT2D eigenvalue weighted by Gasteiger charge is 2.34. The highest BCUT2D eigenvalue weighted by Crippen LogP contribution is 2.31. The summed E-state index contributed by atoms with van der Waals surface area (Å²) in [5.41, 5.74) is 2.18. The number of aliphatic hydroxyl groups excluding tert-OH is 1. The monoisotopic (exact) mass is 710 g/mol. The van der Waals surface area contributed by atoms with Crippen molar-refractivity contribution in [3.8, 4) is 0 Å². The molecular formula is C40H46N4O8. The maximum absolute atomic E-state index is 13.5. The Kier molecular flexibility index (Phi) is 12.7. The molecule has 12 nitrogen and oxygen atoms in total. The lowest BCUT2D eigenvalue weighted by molar-refractivity contribution is 0.00425. The van der Waals surface area contributed by atoms with E-state index in [-0.39, 0.29) is 49.9 Å². The molecule has 4 aromatic rings. The fraction of sp³-hybridized carbons (Fsp3) is 0.400. The van der Waals surface area contributed by atoms with E-state index in [1.54, 1.807) is 24.3 Å². The Morgan fingerprint density at radius 3 is 1.40 bits per heavy atom. The number of imide groups is 2. The maximum Gasteiger partial charge on any atom is 0.261 e. The second-order valence-corrected chi connectivity index (χ2v) is 13.0. The fourth-order valence-corrected chi connectivity index (χ4v) is 6.89. The molecule has 0 saturated heterocycles. The van der Waals surface area contributed by atoms with Gasteiger partial charge in [0.1, 0.15) is 0 Å². The smallest absolute Gasteiger partial charge is 0.261 e. The second-order valence-electron chi connectivity index (χ2n) is 13.0. The lowest BCUT2D eigenvalue weighted by atomic mass is 9.94. The molecule has 0 bridgehead atoms. The zero-order chi connectivity index (χ0) is 36.5. The van der Waals surface area contributed by atoms with E-state index in [1.165, 1.54) is 9.80 Å². The van der Waals surface area contributed by atoms with Crippen molar-refractivity contribution >= 4 is 45.2 Å². The molecule has 274 valence electrons. The lowest BCUT2D eigenvalue weighted by Crippen LogP contribution is -2.45. The first kappa shape index (κ1) is 37.2. The molecule has 0 spiro atoms. The van der Waals surface area contributed by atoms with Crippen LogP contribution in [-0.4, -0.2) is 147 Å². The fourth-order valence-electron chi connectivity index (χ4n) is 6.89. The zero-order valence-corrected chi connectivity index (χ0v) is 29.6. The van der Waals surface area contributed by atoms with Crippen LogP contribution in [0.25, 0.3) is 21.5 Å². The standard InChI is InChI=1S/C40H46N4O8/c1-41(17-19-43-37(46)31-11-2-7-29-8-3-12-32(35(29)31)38(43)47)15-6-16-42(21-23-50-25-27-52-28-26-51-24-22-45)18-20-44-39(48)33-13-4-9-30-10-5-14-34(36(30)33)40(44)49/h2-5,7-14,45H,6,15-28H2,1H3. The van der Waals surface area contributed by atoms with Crippen LogP contribution in [0.1, 0.15) is 47.9 Å². The van der Waals surface area contributed by atoms with Gasteiger partial charge in [-0.15, -0.1) is 0 Å². The first-order valence-corrected chi connectivity index (χ1v) is 17.9. The van der Waals surface area contributed by atoms with Gasteiger partial charge in [-0.2, -0.15) is 0 Å². The van der Waals surface area contributed by atoms with E-state index in [0.29, 0.717) is 93.4 Å². The number of carbonyl (C=O) groups excluding carboxylic acids is 4. The summed E-state index contributed by atoms with van der Waals surface area (Å²) in [5.74, 6) is -1.11. The van der Waals surface area contributed by atoms with Gasteiger partial charge >= 0.3 is 0 Å². The highest BCUT2D eigenvalue weighted by molar-refractivity contribution is 6.26. The van der Waals surface area contributed by atoms with Gasteiger partial charge in [-0.05, 0) is 61.6 Å². The van der Waals surface area contributed by atoms with E-state index >= 15 is 0 Å². The van der Waals surface area contributed by atoms with Crippen molar-refractivity contribution in [1.29, 1.82) is 0 Å². The third-order valence-electron chi connectivity index (χ3n) is 9.60. The van der Waals surface area contributed by atoms with Crippen molar-refractivity contribution in [2.45, 2.75) is 6.42 Å². The van der Waals surface area contributed by atoms with Crippen molar-refractivity contribution in [3.63, 3.8) is 0 Å². The lowest BCUT2D eigenvalue weighted by Gasteiger charge is -2.31. The van der Waals surface area contributed by atoms with Gasteiger partial charge in [-0.1, -0.05) is 48.5 Å². The summed E-state index contributed by atoms with van der Waals surface area (Å²) in [6.45, 7) is 5.85. The molecule has 0 aliphatic carbocycles. The van der Waals surface area contributed by atoms with Crippen LogP contribution in [0.4, 0.5) is 0 Å². The van der Waals surface area contributed by atoms with Gasteiger partial charge in [-0.3, -0.25) is 33.9 Å². The molecular weight excluding hydrogens is 664 g/mol. The van der Waals surface area contributed by atoms with Crippen molar-refractivity contribution in [1.82, 2.24) is 19.6 Å². The molecule has 6 rings (SSSR count). The van der Waals surface area contributed by atoms with E-state index in [1.807, 2.05) is 55.6 Å². The van der Waals surface area contributed by atoms with Crippen molar-refractivity contribution in [2.75, 3.05) is 99.1 Å². The average molecular weight is 711 g/mol. The number of amides is 4. The van der Waals surface area contributed by atoms with Crippen molar-refractivity contribution < 1.29 is 38.5 Å². The zero-order valence-electron chi connectivity index (χ0n) is 29.6. The number of nitrogens with zero attached hydrogens (tertiary/aromatic N) is 4. The summed E-state index contributed by atoms with van der Waals surface area (Å²) in [6, 6.07) is 22.1. The Hall–Kier alpha value is -4.56. The Bertz CT molecular complexity index is 1810.